The van der Waals surface area contributed by atoms with Crippen LogP contribution in [0.4, 0.5) is 0 Å². The Morgan fingerprint density at radius 1 is 1.33 bits per heavy atom. The SMILES string of the molecule is CCCNC1(C#N)CCCC1CCN1CCC(OC)CC1. The number of rotatable bonds is 7. The van der Waals surface area contributed by atoms with Crippen LogP contribution < -0.4 is 5.32 Å². The molecule has 1 aliphatic heterocycles. The second-order valence-corrected chi connectivity index (χ2v) is 6.66. The lowest BCUT2D eigenvalue weighted by Gasteiger charge is -2.34. The van der Waals surface area contributed by atoms with Crippen LogP contribution in [0.2, 0.25) is 0 Å². The van der Waals surface area contributed by atoms with Crippen LogP contribution in [0.25, 0.3) is 0 Å². The van der Waals surface area contributed by atoms with E-state index in [9.17, 15) is 5.26 Å². The first-order valence-electron chi connectivity index (χ1n) is 8.65. The van der Waals surface area contributed by atoms with Crippen molar-refractivity contribution in [1.82, 2.24) is 10.2 Å². The lowest BCUT2D eigenvalue weighted by molar-refractivity contribution is 0.0389. The van der Waals surface area contributed by atoms with Gasteiger partial charge in [-0.15, -0.1) is 0 Å². The Labute approximate surface area is 129 Å². The fourth-order valence-corrected chi connectivity index (χ4v) is 3.94. The Hall–Kier alpha value is -0.630. The summed E-state index contributed by atoms with van der Waals surface area (Å²) in [5.74, 6) is 0.522. The van der Waals surface area contributed by atoms with E-state index in [1.54, 1.807) is 0 Å². The maximum absolute atomic E-state index is 9.67. The standard InChI is InChI=1S/C17H31N3O/c1-3-10-19-17(14-18)9-4-5-15(17)6-11-20-12-7-16(21-2)8-13-20/h15-16,19H,3-13H2,1-2H3. The van der Waals surface area contributed by atoms with E-state index in [0.717, 1.165) is 58.3 Å². The number of nitriles is 1. The molecular formula is C17H31N3O. The fraction of sp³-hybridized carbons (Fsp3) is 0.941. The van der Waals surface area contributed by atoms with E-state index in [4.69, 9.17) is 4.74 Å². The van der Waals surface area contributed by atoms with E-state index in [-0.39, 0.29) is 5.54 Å². The van der Waals surface area contributed by atoms with Gasteiger partial charge in [-0.3, -0.25) is 5.32 Å². The maximum atomic E-state index is 9.67. The average molecular weight is 293 g/mol. The Kier molecular flexibility index (Phi) is 6.47. The highest BCUT2D eigenvalue weighted by molar-refractivity contribution is 5.14. The number of hydrogen-bond donors (Lipinski definition) is 1. The van der Waals surface area contributed by atoms with Crippen LogP contribution in [-0.4, -0.2) is 49.8 Å². The predicted molar refractivity (Wildman–Crippen MR) is 85.1 cm³/mol. The maximum Gasteiger partial charge on any atom is 0.109 e. The topological polar surface area (TPSA) is 48.3 Å². The van der Waals surface area contributed by atoms with Gasteiger partial charge in [0.25, 0.3) is 0 Å². The van der Waals surface area contributed by atoms with E-state index in [1.165, 1.54) is 12.8 Å². The summed E-state index contributed by atoms with van der Waals surface area (Å²) in [6, 6.07) is 2.62. The third-order valence-electron chi connectivity index (χ3n) is 5.37. The smallest absolute Gasteiger partial charge is 0.109 e. The number of hydrogen-bond acceptors (Lipinski definition) is 4. The van der Waals surface area contributed by atoms with Crippen molar-refractivity contribution in [3.63, 3.8) is 0 Å². The highest BCUT2D eigenvalue weighted by Crippen LogP contribution is 2.37. The van der Waals surface area contributed by atoms with Gasteiger partial charge in [-0.1, -0.05) is 13.3 Å². The normalized spacial score (nSPS) is 31.4. The van der Waals surface area contributed by atoms with Crippen LogP contribution in [0.3, 0.4) is 0 Å². The van der Waals surface area contributed by atoms with Crippen LogP contribution in [0.5, 0.6) is 0 Å². The summed E-state index contributed by atoms with van der Waals surface area (Å²) in [6.07, 6.45) is 8.44. The van der Waals surface area contributed by atoms with Gasteiger partial charge in [-0.25, -0.2) is 0 Å². The molecule has 4 heteroatoms. The predicted octanol–water partition coefficient (Wildman–Crippen LogP) is 2.55. The van der Waals surface area contributed by atoms with Crippen molar-refractivity contribution in [3.05, 3.63) is 0 Å². The molecular weight excluding hydrogens is 262 g/mol. The molecule has 2 unspecified atom stereocenters. The van der Waals surface area contributed by atoms with E-state index in [2.05, 4.69) is 23.2 Å². The summed E-state index contributed by atoms with van der Waals surface area (Å²) in [7, 11) is 1.82. The number of likely N-dealkylation sites (tertiary alicyclic amines) is 1. The van der Waals surface area contributed by atoms with Crippen molar-refractivity contribution in [3.8, 4) is 6.07 Å². The molecule has 1 aliphatic carbocycles. The first-order valence-corrected chi connectivity index (χ1v) is 8.65. The van der Waals surface area contributed by atoms with Crippen molar-refractivity contribution >= 4 is 0 Å². The van der Waals surface area contributed by atoms with Crippen LogP contribution in [-0.2, 0) is 4.74 Å². The summed E-state index contributed by atoms with van der Waals surface area (Å²) in [6.45, 7) is 6.56. The van der Waals surface area contributed by atoms with Gasteiger partial charge in [0, 0.05) is 20.2 Å². The molecule has 1 saturated carbocycles. The molecule has 0 radical (unpaired) electrons. The highest BCUT2D eigenvalue weighted by atomic mass is 16.5. The van der Waals surface area contributed by atoms with E-state index >= 15 is 0 Å². The number of nitrogens with one attached hydrogen (secondary N) is 1. The van der Waals surface area contributed by atoms with Crippen LogP contribution in [0.15, 0.2) is 0 Å². The summed E-state index contributed by atoms with van der Waals surface area (Å²) < 4.78 is 5.43. The minimum atomic E-state index is -0.249. The van der Waals surface area contributed by atoms with Gasteiger partial charge < -0.3 is 9.64 Å². The second kappa shape index (κ2) is 8.12. The molecule has 0 amide bonds. The summed E-state index contributed by atoms with van der Waals surface area (Å²) >= 11 is 0. The van der Waals surface area contributed by atoms with Gasteiger partial charge in [0.15, 0.2) is 0 Å². The Morgan fingerprint density at radius 3 is 2.71 bits per heavy atom. The molecule has 2 atom stereocenters. The van der Waals surface area contributed by atoms with E-state index in [0.29, 0.717) is 12.0 Å². The average Bonchev–Trinajstić information content (AvgIpc) is 2.94. The number of methoxy groups -OCH3 is 1. The molecule has 0 spiro atoms. The lowest BCUT2D eigenvalue weighted by atomic mass is 9.85. The van der Waals surface area contributed by atoms with Crippen LogP contribution >= 0.6 is 0 Å². The first-order chi connectivity index (χ1) is 10.2. The van der Waals surface area contributed by atoms with Gasteiger partial charge in [0.2, 0.25) is 0 Å². The molecule has 2 rings (SSSR count). The molecule has 2 aliphatic rings. The fourth-order valence-electron chi connectivity index (χ4n) is 3.94. The lowest BCUT2D eigenvalue weighted by Crippen LogP contribution is -2.48. The second-order valence-electron chi connectivity index (χ2n) is 6.66. The zero-order valence-electron chi connectivity index (χ0n) is 13.7. The van der Waals surface area contributed by atoms with Crippen LogP contribution in [0, 0.1) is 17.2 Å². The molecule has 1 heterocycles. The Balaban J connectivity index is 1.80. The van der Waals surface area contributed by atoms with Crippen molar-refractivity contribution in [2.24, 2.45) is 5.92 Å². The van der Waals surface area contributed by atoms with Gasteiger partial charge in [0.1, 0.15) is 5.54 Å². The third kappa shape index (κ3) is 4.18. The van der Waals surface area contributed by atoms with Gasteiger partial charge in [-0.05, 0) is 57.5 Å². The number of nitrogens with zero attached hydrogens (tertiary/aromatic N) is 2. The number of piperidine rings is 1. The largest absolute Gasteiger partial charge is 0.381 e. The quantitative estimate of drug-likeness (QED) is 0.783. The van der Waals surface area contributed by atoms with Gasteiger partial charge >= 0.3 is 0 Å². The zero-order valence-corrected chi connectivity index (χ0v) is 13.7. The molecule has 120 valence electrons. The van der Waals surface area contributed by atoms with Gasteiger partial charge in [0.05, 0.1) is 12.2 Å². The van der Waals surface area contributed by atoms with E-state index in [1.807, 2.05) is 7.11 Å². The monoisotopic (exact) mass is 293 g/mol. The summed E-state index contributed by atoms with van der Waals surface area (Å²) in [5.41, 5.74) is -0.249. The molecule has 1 N–H and O–H groups in total. The molecule has 21 heavy (non-hydrogen) atoms. The highest BCUT2D eigenvalue weighted by Gasteiger charge is 2.42. The molecule has 0 aromatic carbocycles. The molecule has 0 bridgehead atoms. The Bertz CT molecular complexity index is 346. The van der Waals surface area contributed by atoms with Crippen LogP contribution in [0.1, 0.15) is 51.9 Å². The number of ether oxygens (including phenoxy) is 1. The van der Waals surface area contributed by atoms with Crippen molar-refractivity contribution in [2.75, 3.05) is 33.3 Å². The first kappa shape index (κ1) is 16.7. The molecule has 4 nitrogen and oxygen atoms in total. The zero-order chi connectivity index (χ0) is 15.1. The van der Waals surface area contributed by atoms with Crippen molar-refractivity contribution in [2.45, 2.75) is 63.5 Å². The summed E-state index contributed by atoms with van der Waals surface area (Å²) in [5, 5.41) is 13.2. The molecule has 2 fully saturated rings. The van der Waals surface area contributed by atoms with Gasteiger partial charge in [-0.2, -0.15) is 5.26 Å². The molecule has 0 aromatic rings. The third-order valence-corrected chi connectivity index (χ3v) is 5.37. The van der Waals surface area contributed by atoms with Crippen molar-refractivity contribution in [1.29, 1.82) is 5.26 Å². The van der Waals surface area contributed by atoms with Crippen molar-refractivity contribution < 1.29 is 4.74 Å². The molecule has 1 saturated heterocycles. The Morgan fingerprint density at radius 2 is 2.10 bits per heavy atom. The van der Waals surface area contributed by atoms with E-state index < -0.39 is 0 Å². The minimum absolute atomic E-state index is 0.249. The summed E-state index contributed by atoms with van der Waals surface area (Å²) in [4.78, 5) is 2.55. The minimum Gasteiger partial charge on any atom is -0.381 e. The molecule has 0 aromatic heterocycles.